The maximum absolute atomic E-state index is 14.3. The number of pyridine rings is 2. The van der Waals surface area contributed by atoms with Crippen LogP contribution in [0, 0.1) is 0 Å². The van der Waals surface area contributed by atoms with Crippen LogP contribution in [0.25, 0.3) is 37.8 Å². The van der Waals surface area contributed by atoms with Crippen molar-refractivity contribution >= 4 is 38.1 Å². The van der Waals surface area contributed by atoms with Crippen molar-refractivity contribution in [1.82, 2.24) is 14.5 Å². The lowest BCUT2D eigenvalue weighted by atomic mass is 9.97. The molecule has 6 rings (SSSR count). The van der Waals surface area contributed by atoms with Gasteiger partial charge in [-0.25, -0.2) is 9.97 Å². The first-order valence-electron chi connectivity index (χ1n) is 12.0. The molecule has 37 heavy (non-hydrogen) atoms. The third-order valence-corrected chi connectivity index (χ3v) is 7.31. The normalized spacial score (nSPS) is 12.1. The molecule has 0 unspecified atom stereocenters. The summed E-state index contributed by atoms with van der Waals surface area (Å²) in [5.74, 6) is 1.44. The topological polar surface area (TPSA) is 69.0 Å². The van der Waals surface area contributed by atoms with Crippen molar-refractivity contribution in [2.45, 2.75) is 13.0 Å². The highest BCUT2D eigenvalue weighted by atomic mass is 32.1. The van der Waals surface area contributed by atoms with Gasteiger partial charge >= 0.3 is 0 Å². The van der Waals surface area contributed by atoms with E-state index in [9.17, 15) is 4.79 Å². The van der Waals surface area contributed by atoms with E-state index in [-0.39, 0.29) is 11.6 Å². The summed E-state index contributed by atoms with van der Waals surface area (Å²) >= 11 is 1.58. The second-order valence-corrected chi connectivity index (χ2v) is 9.66. The Hall–Kier alpha value is -4.49. The molecule has 0 amide bonds. The number of fused-ring (bicyclic) bond motifs is 2. The molecule has 6 aromatic rings. The van der Waals surface area contributed by atoms with Gasteiger partial charge in [0.15, 0.2) is 5.82 Å². The van der Waals surface area contributed by atoms with Gasteiger partial charge in [-0.1, -0.05) is 48.5 Å². The molecule has 7 heteroatoms. The summed E-state index contributed by atoms with van der Waals surface area (Å²) in [6.07, 6.45) is 1.78. The monoisotopic (exact) mass is 504 g/mol. The molecular weight excluding hydrogens is 480 g/mol. The number of thiazole rings is 1. The summed E-state index contributed by atoms with van der Waals surface area (Å²) in [5, 5.41) is 5.05. The molecule has 0 aliphatic rings. The Morgan fingerprint density at radius 3 is 2.62 bits per heavy atom. The largest absolute Gasteiger partial charge is 0.497 e. The molecule has 0 spiro atoms. The fraction of sp³-hybridized carbons (Fsp3) is 0.100. The Kier molecular flexibility index (Phi) is 5.90. The number of para-hydroxylation sites is 1. The highest BCUT2D eigenvalue weighted by molar-refractivity contribution is 7.16. The summed E-state index contributed by atoms with van der Waals surface area (Å²) in [5.41, 5.74) is 6.00. The lowest BCUT2D eigenvalue weighted by Crippen LogP contribution is -2.26. The van der Waals surface area contributed by atoms with Crippen molar-refractivity contribution in [2.75, 3.05) is 12.4 Å². The average Bonchev–Trinajstić information content (AvgIpc) is 3.43. The Labute approximate surface area is 217 Å². The van der Waals surface area contributed by atoms with E-state index in [1.807, 2.05) is 91.3 Å². The van der Waals surface area contributed by atoms with Gasteiger partial charge in [0.25, 0.3) is 5.56 Å². The molecule has 0 radical (unpaired) electrons. The van der Waals surface area contributed by atoms with Gasteiger partial charge < -0.3 is 10.1 Å². The summed E-state index contributed by atoms with van der Waals surface area (Å²) in [4.78, 5) is 23.3. The molecule has 182 valence electrons. The van der Waals surface area contributed by atoms with E-state index >= 15 is 0 Å². The number of anilines is 1. The Balaban J connectivity index is 1.57. The number of hydrogen-bond donors (Lipinski definition) is 1. The number of nitrogens with one attached hydrogen (secondary N) is 1. The van der Waals surface area contributed by atoms with Crippen molar-refractivity contribution in [2.24, 2.45) is 0 Å². The van der Waals surface area contributed by atoms with Gasteiger partial charge in [0, 0.05) is 17.6 Å². The summed E-state index contributed by atoms with van der Waals surface area (Å²) in [6.45, 7) is 2.04. The van der Waals surface area contributed by atoms with E-state index in [0.29, 0.717) is 11.2 Å². The lowest BCUT2D eigenvalue weighted by Gasteiger charge is -2.22. The van der Waals surface area contributed by atoms with Crippen LogP contribution in [0.2, 0.25) is 0 Å². The zero-order chi connectivity index (χ0) is 25.4. The fourth-order valence-electron chi connectivity index (χ4n) is 4.75. The van der Waals surface area contributed by atoms with Crippen LogP contribution in [0.4, 0.5) is 5.82 Å². The highest BCUT2D eigenvalue weighted by Crippen LogP contribution is 2.32. The SMILES string of the molecule is COc1cccc(-c2cccc3cc([C@H](C)Nc4nccc5scnc45)n(-c4ccccc4)c(=O)c23)c1. The van der Waals surface area contributed by atoms with E-state index in [4.69, 9.17) is 4.74 Å². The number of benzene rings is 3. The maximum atomic E-state index is 14.3. The third-order valence-electron chi connectivity index (χ3n) is 6.52. The number of nitrogens with zero attached hydrogens (tertiary/aromatic N) is 3. The number of ether oxygens (including phenoxy) is 1. The smallest absolute Gasteiger partial charge is 0.263 e. The summed E-state index contributed by atoms with van der Waals surface area (Å²) in [6, 6.07) is 27.3. The van der Waals surface area contributed by atoms with E-state index in [1.54, 1.807) is 29.2 Å². The van der Waals surface area contributed by atoms with Crippen LogP contribution in [-0.2, 0) is 0 Å². The predicted octanol–water partition coefficient (Wildman–Crippen LogP) is 6.84. The Morgan fingerprint density at radius 1 is 0.946 bits per heavy atom. The van der Waals surface area contributed by atoms with Gasteiger partial charge in [0.2, 0.25) is 0 Å². The molecule has 3 aromatic heterocycles. The standard InChI is InChI=1S/C30H24N4O2S/c1-19(33-29-28-26(14-15-31-29)37-18-32-28)25-17-21-9-7-13-24(20-8-6-12-23(16-20)36-2)27(21)30(35)34(25)22-10-4-3-5-11-22/h3-19H,1-2H3,(H,31,33)/t19-/m0/s1. The van der Waals surface area contributed by atoms with Gasteiger partial charge in [-0.3, -0.25) is 9.36 Å². The molecule has 3 heterocycles. The fourth-order valence-corrected chi connectivity index (χ4v) is 5.42. The lowest BCUT2D eigenvalue weighted by molar-refractivity contribution is 0.415. The van der Waals surface area contributed by atoms with Crippen molar-refractivity contribution in [3.63, 3.8) is 0 Å². The van der Waals surface area contributed by atoms with Crippen LogP contribution in [0.5, 0.6) is 5.75 Å². The van der Waals surface area contributed by atoms with E-state index in [1.165, 1.54) is 0 Å². The van der Waals surface area contributed by atoms with Crippen molar-refractivity contribution in [1.29, 1.82) is 0 Å². The van der Waals surface area contributed by atoms with Gasteiger partial charge in [0.05, 0.1) is 28.7 Å². The highest BCUT2D eigenvalue weighted by Gasteiger charge is 2.20. The van der Waals surface area contributed by atoms with Crippen LogP contribution in [0.15, 0.2) is 101 Å². The van der Waals surface area contributed by atoms with Crippen molar-refractivity contribution in [3.8, 4) is 22.6 Å². The van der Waals surface area contributed by atoms with Gasteiger partial charge in [-0.2, -0.15) is 0 Å². The molecule has 6 nitrogen and oxygen atoms in total. The minimum absolute atomic E-state index is 0.0782. The van der Waals surface area contributed by atoms with Crippen LogP contribution in [0.1, 0.15) is 18.7 Å². The van der Waals surface area contributed by atoms with Gasteiger partial charge in [-0.15, -0.1) is 11.3 Å². The zero-order valence-corrected chi connectivity index (χ0v) is 21.2. The van der Waals surface area contributed by atoms with Crippen LogP contribution in [-0.4, -0.2) is 21.6 Å². The molecule has 0 aliphatic carbocycles. The average molecular weight is 505 g/mol. The second kappa shape index (κ2) is 9.52. The molecule has 1 N–H and O–H groups in total. The molecule has 0 aliphatic heterocycles. The van der Waals surface area contributed by atoms with Gasteiger partial charge in [0.1, 0.15) is 11.3 Å². The minimum atomic E-state index is -0.224. The number of methoxy groups -OCH3 is 1. The molecule has 0 saturated heterocycles. The molecule has 1 atom stereocenters. The first-order valence-corrected chi connectivity index (χ1v) is 12.9. The third kappa shape index (κ3) is 4.13. The predicted molar refractivity (Wildman–Crippen MR) is 151 cm³/mol. The van der Waals surface area contributed by atoms with E-state index < -0.39 is 0 Å². The summed E-state index contributed by atoms with van der Waals surface area (Å²) < 4.78 is 8.30. The molecular formula is C30H24N4O2S. The summed E-state index contributed by atoms with van der Waals surface area (Å²) in [7, 11) is 1.65. The van der Waals surface area contributed by atoms with E-state index in [2.05, 4.69) is 21.4 Å². The van der Waals surface area contributed by atoms with Crippen molar-refractivity contribution < 1.29 is 4.74 Å². The Morgan fingerprint density at radius 2 is 1.78 bits per heavy atom. The zero-order valence-electron chi connectivity index (χ0n) is 20.4. The van der Waals surface area contributed by atoms with Gasteiger partial charge in [-0.05, 0) is 59.8 Å². The van der Waals surface area contributed by atoms with Crippen molar-refractivity contribution in [3.05, 3.63) is 113 Å². The molecule has 0 fully saturated rings. The molecule has 3 aromatic carbocycles. The van der Waals surface area contributed by atoms with E-state index in [0.717, 1.165) is 43.9 Å². The van der Waals surface area contributed by atoms with Crippen LogP contribution in [0.3, 0.4) is 0 Å². The number of rotatable bonds is 6. The second-order valence-electron chi connectivity index (χ2n) is 8.77. The molecule has 0 bridgehead atoms. The maximum Gasteiger partial charge on any atom is 0.263 e. The quantitative estimate of drug-likeness (QED) is 0.269. The minimum Gasteiger partial charge on any atom is -0.497 e. The first-order chi connectivity index (χ1) is 18.1. The number of hydrogen-bond acceptors (Lipinski definition) is 6. The Bertz CT molecular complexity index is 1790. The van der Waals surface area contributed by atoms with Crippen LogP contribution < -0.4 is 15.6 Å². The molecule has 0 saturated carbocycles. The first kappa shape index (κ1) is 22.9. The van der Waals surface area contributed by atoms with Crippen LogP contribution >= 0.6 is 11.3 Å². The number of aromatic nitrogens is 3.